The zero-order valence-corrected chi connectivity index (χ0v) is 16.0. The van der Waals surface area contributed by atoms with Crippen LogP contribution < -0.4 is 4.90 Å². The van der Waals surface area contributed by atoms with E-state index >= 15 is 0 Å². The summed E-state index contributed by atoms with van der Waals surface area (Å²) >= 11 is 1.43. The van der Waals surface area contributed by atoms with Crippen LogP contribution in [0, 0.1) is 10.1 Å². The topological polar surface area (TPSA) is 97.4 Å². The molecule has 0 atom stereocenters. The first kappa shape index (κ1) is 18.1. The molecule has 10 heteroatoms. The van der Waals surface area contributed by atoms with Crippen LogP contribution in [-0.2, 0) is 7.05 Å². The number of thiazole rings is 1. The Morgan fingerprint density at radius 3 is 2.50 bits per heavy atom. The highest BCUT2D eigenvalue weighted by molar-refractivity contribution is 7.13. The minimum absolute atomic E-state index is 0.0743. The Balaban J connectivity index is 1.39. The molecule has 144 valence electrons. The van der Waals surface area contributed by atoms with Crippen molar-refractivity contribution in [2.24, 2.45) is 7.05 Å². The smallest absolute Gasteiger partial charge is 0.273 e. The first-order valence-corrected chi connectivity index (χ1v) is 9.62. The maximum Gasteiger partial charge on any atom is 0.273 e. The summed E-state index contributed by atoms with van der Waals surface area (Å²) in [4.78, 5) is 31.5. The van der Waals surface area contributed by atoms with Gasteiger partial charge in [0.1, 0.15) is 10.7 Å². The van der Waals surface area contributed by atoms with Gasteiger partial charge in [0.15, 0.2) is 0 Å². The summed E-state index contributed by atoms with van der Waals surface area (Å²) in [7, 11) is 1.84. The van der Waals surface area contributed by atoms with E-state index in [1.807, 2.05) is 13.2 Å². The number of aryl methyl sites for hydroxylation is 1. The minimum atomic E-state index is -0.409. The number of hydrogen-bond acceptors (Lipinski definition) is 7. The molecule has 9 nitrogen and oxygen atoms in total. The predicted molar refractivity (Wildman–Crippen MR) is 106 cm³/mol. The van der Waals surface area contributed by atoms with Gasteiger partial charge in [-0.3, -0.25) is 19.6 Å². The fourth-order valence-corrected chi connectivity index (χ4v) is 3.92. The molecule has 3 heterocycles. The highest BCUT2D eigenvalue weighted by Crippen LogP contribution is 2.25. The number of anilines is 1. The van der Waals surface area contributed by atoms with Crippen molar-refractivity contribution in [2.45, 2.75) is 0 Å². The summed E-state index contributed by atoms with van der Waals surface area (Å²) in [6, 6.07) is 6.50. The van der Waals surface area contributed by atoms with Crippen molar-refractivity contribution in [2.75, 3.05) is 31.1 Å². The number of rotatable bonds is 4. The van der Waals surface area contributed by atoms with E-state index in [9.17, 15) is 14.9 Å². The summed E-state index contributed by atoms with van der Waals surface area (Å²) in [5, 5.41) is 17.5. The van der Waals surface area contributed by atoms with E-state index in [-0.39, 0.29) is 11.6 Å². The van der Waals surface area contributed by atoms with Crippen LogP contribution in [0.2, 0.25) is 0 Å². The Labute approximate surface area is 165 Å². The molecular weight excluding hydrogens is 380 g/mol. The molecule has 0 spiro atoms. The van der Waals surface area contributed by atoms with Crippen LogP contribution in [0.25, 0.3) is 10.6 Å². The first-order valence-electron chi connectivity index (χ1n) is 8.74. The Morgan fingerprint density at radius 2 is 1.89 bits per heavy atom. The number of amides is 1. The number of nitro benzene ring substituents is 1. The van der Waals surface area contributed by atoms with Gasteiger partial charge in [0, 0.05) is 68.2 Å². The lowest BCUT2D eigenvalue weighted by atomic mass is 10.2. The molecule has 3 aromatic rings. The second kappa shape index (κ2) is 7.39. The average molecular weight is 398 g/mol. The molecule has 2 aromatic heterocycles. The lowest BCUT2D eigenvalue weighted by Crippen LogP contribution is -2.48. The van der Waals surface area contributed by atoms with Gasteiger partial charge < -0.3 is 9.80 Å². The number of carbonyl (C=O) groups excluding carboxylic acids is 1. The van der Waals surface area contributed by atoms with Crippen molar-refractivity contribution in [1.82, 2.24) is 19.7 Å². The molecule has 0 aliphatic carbocycles. The van der Waals surface area contributed by atoms with E-state index in [0.717, 1.165) is 16.3 Å². The highest BCUT2D eigenvalue weighted by atomic mass is 32.1. The molecule has 1 saturated heterocycles. The summed E-state index contributed by atoms with van der Waals surface area (Å²) in [6.07, 6.45) is 3.60. The van der Waals surface area contributed by atoms with Crippen molar-refractivity contribution >= 4 is 28.6 Å². The Kier molecular flexibility index (Phi) is 4.78. The van der Waals surface area contributed by atoms with Crippen molar-refractivity contribution < 1.29 is 9.72 Å². The van der Waals surface area contributed by atoms with E-state index in [0.29, 0.717) is 31.9 Å². The molecule has 0 N–H and O–H groups in total. The summed E-state index contributed by atoms with van der Waals surface area (Å²) in [5.74, 6) is -0.0743. The van der Waals surface area contributed by atoms with E-state index in [2.05, 4.69) is 15.0 Å². The molecular formula is C18H18N6O3S. The van der Waals surface area contributed by atoms with Crippen molar-refractivity contribution in [3.63, 3.8) is 0 Å². The quantitative estimate of drug-likeness (QED) is 0.494. The third kappa shape index (κ3) is 3.58. The summed E-state index contributed by atoms with van der Waals surface area (Å²) < 4.78 is 1.70. The van der Waals surface area contributed by atoms with E-state index < -0.39 is 4.92 Å². The van der Waals surface area contributed by atoms with Crippen LogP contribution >= 0.6 is 11.3 Å². The Bertz CT molecular complexity index is 1000. The van der Waals surface area contributed by atoms with Gasteiger partial charge in [-0.2, -0.15) is 5.10 Å². The molecule has 0 bridgehead atoms. The van der Waals surface area contributed by atoms with Gasteiger partial charge in [0.05, 0.1) is 11.1 Å². The van der Waals surface area contributed by atoms with Crippen LogP contribution in [0.15, 0.2) is 42.0 Å². The molecule has 4 rings (SSSR count). The fourth-order valence-electron chi connectivity index (χ4n) is 3.15. The standard InChI is InChI=1S/C18H18N6O3S/c1-21-11-13(10-19-21)17-20-16(12-28-17)18(25)23-8-6-22(7-9-23)14-2-4-15(5-3-14)24(26)27/h2-5,10-12H,6-9H2,1H3. The van der Waals surface area contributed by atoms with Gasteiger partial charge in [-0.25, -0.2) is 4.98 Å². The molecule has 0 unspecified atom stereocenters. The molecule has 28 heavy (non-hydrogen) atoms. The third-order valence-electron chi connectivity index (χ3n) is 4.67. The maximum absolute atomic E-state index is 12.8. The number of aromatic nitrogens is 3. The van der Waals surface area contributed by atoms with E-state index in [4.69, 9.17) is 0 Å². The van der Waals surface area contributed by atoms with Crippen molar-refractivity contribution in [3.8, 4) is 10.6 Å². The normalized spacial score (nSPS) is 14.3. The van der Waals surface area contributed by atoms with Gasteiger partial charge in [0.25, 0.3) is 11.6 Å². The number of non-ortho nitro benzene ring substituents is 1. The average Bonchev–Trinajstić information content (AvgIpc) is 3.37. The number of nitro groups is 1. The predicted octanol–water partition coefficient (Wildman–Crippen LogP) is 2.41. The van der Waals surface area contributed by atoms with E-state index in [1.165, 1.54) is 23.5 Å². The maximum atomic E-state index is 12.8. The van der Waals surface area contributed by atoms with E-state index in [1.54, 1.807) is 33.3 Å². The van der Waals surface area contributed by atoms with Gasteiger partial charge in [-0.15, -0.1) is 11.3 Å². The van der Waals surface area contributed by atoms with Gasteiger partial charge in [-0.1, -0.05) is 0 Å². The van der Waals surface area contributed by atoms with Gasteiger partial charge >= 0.3 is 0 Å². The summed E-state index contributed by atoms with van der Waals surface area (Å²) in [5.41, 5.74) is 2.35. The number of hydrogen-bond donors (Lipinski definition) is 0. The molecule has 1 aromatic carbocycles. The molecule has 1 fully saturated rings. The minimum Gasteiger partial charge on any atom is -0.368 e. The zero-order chi connectivity index (χ0) is 19.7. The van der Waals surface area contributed by atoms with Gasteiger partial charge in [0.2, 0.25) is 0 Å². The second-order valence-corrected chi connectivity index (χ2v) is 7.35. The lowest BCUT2D eigenvalue weighted by Gasteiger charge is -2.35. The fraction of sp³-hybridized carbons (Fsp3) is 0.278. The molecule has 0 radical (unpaired) electrons. The number of nitrogens with zero attached hydrogens (tertiary/aromatic N) is 6. The number of carbonyl (C=O) groups is 1. The largest absolute Gasteiger partial charge is 0.368 e. The number of piperazine rings is 1. The summed E-state index contributed by atoms with van der Waals surface area (Å²) in [6.45, 7) is 2.50. The lowest BCUT2D eigenvalue weighted by molar-refractivity contribution is -0.384. The molecule has 1 aliphatic heterocycles. The molecule has 1 amide bonds. The van der Waals surface area contributed by atoms with Crippen molar-refractivity contribution in [3.05, 3.63) is 57.8 Å². The number of benzene rings is 1. The van der Waals surface area contributed by atoms with Crippen LogP contribution in [0.4, 0.5) is 11.4 Å². The monoisotopic (exact) mass is 398 g/mol. The zero-order valence-electron chi connectivity index (χ0n) is 15.2. The van der Waals surface area contributed by atoms with Crippen LogP contribution in [0.1, 0.15) is 10.5 Å². The molecule has 0 saturated carbocycles. The van der Waals surface area contributed by atoms with Crippen LogP contribution in [0.5, 0.6) is 0 Å². The van der Waals surface area contributed by atoms with Crippen LogP contribution in [-0.4, -0.2) is 56.7 Å². The first-order chi connectivity index (χ1) is 13.5. The SMILES string of the molecule is Cn1cc(-c2nc(C(=O)N3CCN(c4ccc([N+](=O)[O-])cc4)CC3)cs2)cn1. The van der Waals surface area contributed by atoms with Crippen LogP contribution in [0.3, 0.4) is 0 Å². The van der Waals surface area contributed by atoms with Crippen molar-refractivity contribution in [1.29, 1.82) is 0 Å². The second-order valence-electron chi connectivity index (χ2n) is 6.49. The Hall–Kier alpha value is -3.27. The molecule has 1 aliphatic rings. The van der Waals surface area contributed by atoms with Gasteiger partial charge in [-0.05, 0) is 12.1 Å². The highest BCUT2D eigenvalue weighted by Gasteiger charge is 2.24. The Morgan fingerprint density at radius 1 is 1.18 bits per heavy atom. The third-order valence-corrected chi connectivity index (χ3v) is 5.56.